The Morgan fingerprint density at radius 3 is 2.53 bits per heavy atom. The number of aliphatic hydroxyl groups is 1. The van der Waals surface area contributed by atoms with Crippen molar-refractivity contribution in [3.05, 3.63) is 76.8 Å². The molecular weight excluding hydrogens is 414 g/mol. The second-order valence-electron chi connectivity index (χ2n) is 7.68. The van der Waals surface area contributed by atoms with Crippen LogP contribution in [0.25, 0.3) is 5.76 Å². The smallest absolute Gasteiger partial charge is 0.300 e. The summed E-state index contributed by atoms with van der Waals surface area (Å²) in [5, 5.41) is 21.6. The van der Waals surface area contributed by atoms with E-state index in [0.717, 1.165) is 10.5 Å². The van der Waals surface area contributed by atoms with Crippen LogP contribution in [0.2, 0.25) is 0 Å². The number of amides is 1. The fourth-order valence-corrected chi connectivity index (χ4v) is 3.98. The molecule has 5 rings (SSSR count). The van der Waals surface area contributed by atoms with Gasteiger partial charge >= 0.3 is 0 Å². The number of nitrogens with zero attached hydrogens (tertiary/aromatic N) is 1. The average molecular weight is 433 g/mol. The van der Waals surface area contributed by atoms with Crippen LogP contribution in [-0.2, 0) is 9.59 Å². The maximum absolute atomic E-state index is 13.1. The summed E-state index contributed by atoms with van der Waals surface area (Å²) in [6, 6.07) is 11.7. The molecule has 3 heterocycles. The molecule has 1 aromatic heterocycles. The number of hydrogen-bond acceptors (Lipinski definition) is 7. The van der Waals surface area contributed by atoms with Gasteiger partial charge in [0.25, 0.3) is 11.7 Å². The Balaban J connectivity index is 1.72. The number of hydrogen-bond donors (Lipinski definition) is 2. The highest BCUT2D eigenvalue weighted by atomic mass is 16.7. The molecule has 1 fully saturated rings. The first-order valence-corrected chi connectivity index (χ1v) is 9.92. The Hall–Kier alpha value is -4.20. The van der Waals surface area contributed by atoms with Gasteiger partial charge in [0.2, 0.25) is 6.79 Å². The standard InChI is InChI=1S/C24H19NO7/c1-12-3-6-16(26)15(9-12)25-21(18-7-4-13(2)32-18)20(23(28)24(25)29)22(27)14-5-8-17-19(10-14)31-11-30-17/h3-10,21,26-27H,11H2,1-2H3/b22-20-. The third-order valence-electron chi connectivity index (χ3n) is 5.51. The van der Waals surface area contributed by atoms with Gasteiger partial charge < -0.3 is 24.1 Å². The number of rotatable bonds is 3. The molecule has 2 N–H and O–H groups in total. The Morgan fingerprint density at radius 1 is 1.00 bits per heavy atom. The van der Waals surface area contributed by atoms with Crippen molar-refractivity contribution in [2.45, 2.75) is 19.9 Å². The van der Waals surface area contributed by atoms with Crippen LogP contribution in [0.5, 0.6) is 17.2 Å². The van der Waals surface area contributed by atoms with Crippen molar-refractivity contribution in [1.82, 2.24) is 0 Å². The zero-order valence-corrected chi connectivity index (χ0v) is 17.3. The van der Waals surface area contributed by atoms with Crippen molar-refractivity contribution in [2.24, 2.45) is 0 Å². The number of benzene rings is 2. The predicted octanol–water partition coefficient (Wildman–Crippen LogP) is 3.96. The summed E-state index contributed by atoms with van der Waals surface area (Å²) >= 11 is 0. The number of Topliss-reactive ketones (excluding diaryl/α,β-unsaturated/α-hetero) is 1. The summed E-state index contributed by atoms with van der Waals surface area (Å²) in [5.74, 6) is -0.529. The molecule has 0 saturated carbocycles. The second kappa shape index (κ2) is 7.19. The predicted molar refractivity (Wildman–Crippen MR) is 114 cm³/mol. The van der Waals surface area contributed by atoms with Gasteiger partial charge in [-0.1, -0.05) is 6.07 Å². The number of fused-ring (bicyclic) bond motifs is 1. The highest BCUT2D eigenvalue weighted by molar-refractivity contribution is 6.51. The summed E-state index contributed by atoms with van der Waals surface area (Å²) in [7, 11) is 0. The summed E-state index contributed by atoms with van der Waals surface area (Å²) < 4.78 is 16.4. The van der Waals surface area contributed by atoms with Crippen molar-refractivity contribution < 1.29 is 33.7 Å². The Kier molecular flexibility index (Phi) is 4.44. The SMILES string of the molecule is Cc1ccc(O)c(N2C(=O)C(=O)/C(=C(\O)c3ccc4c(c3)OCO4)C2c2ccc(C)o2)c1. The molecule has 162 valence electrons. The van der Waals surface area contributed by atoms with Crippen molar-refractivity contribution in [3.63, 3.8) is 0 Å². The molecule has 3 aromatic rings. The lowest BCUT2D eigenvalue weighted by molar-refractivity contribution is -0.132. The first-order valence-electron chi connectivity index (χ1n) is 9.92. The van der Waals surface area contributed by atoms with Crippen LogP contribution in [0.3, 0.4) is 0 Å². The van der Waals surface area contributed by atoms with E-state index in [9.17, 15) is 19.8 Å². The van der Waals surface area contributed by atoms with Gasteiger partial charge in [-0.3, -0.25) is 14.5 Å². The Morgan fingerprint density at radius 2 is 1.78 bits per heavy atom. The Bertz CT molecular complexity index is 1300. The van der Waals surface area contributed by atoms with E-state index in [0.29, 0.717) is 17.3 Å². The van der Waals surface area contributed by atoms with E-state index in [-0.39, 0.29) is 40.9 Å². The molecule has 0 aliphatic carbocycles. The van der Waals surface area contributed by atoms with Crippen molar-refractivity contribution in [2.75, 3.05) is 11.7 Å². The third-order valence-corrected chi connectivity index (χ3v) is 5.51. The fourth-order valence-electron chi connectivity index (χ4n) is 3.98. The van der Waals surface area contributed by atoms with Crippen LogP contribution < -0.4 is 14.4 Å². The maximum Gasteiger partial charge on any atom is 0.300 e. The van der Waals surface area contributed by atoms with E-state index >= 15 is 0 Å². The molecule has 1 saturated heterocycles. The number of anilines is 1. The van der Waals surface area contributed by atoms with Crippen molar-refractivity contribution in [1.29, 1.82) is 0 Å². The lowest BCUT2D eigenvalue weighted by Crippen LogP contribution is -2.29. The topological polar surface area (TPSA) is 109 Å². The monoisotopic (exact) mass is 433 g/mol. The van der Waals surface area contributed by atoms with E-state index < -0.39 is 17.7 Å². The summed E-state index contributed by atoms with van der Waals surface area (Å²) in [6.07, 6.45) is 0. The zero-order valence-electron chi connectivity index (χ0n) is 17.3. The van der Waals surface area contributed by atoms with Gasteiger partial charge in [0, 0.05) is 5.56 Å². The van der Waals surface area contributed by atoms with Crippen LogP contribution in [0, 0.1) is 13.8 Å². The molecule has 2 aliphatic rings. The molecule has 8 nitrogen and oxygen atoms in total. The van der Waals surface area contributed by atoms with Gasteiger partial charge in [0.15, 0.2) is 11.5 Å². The summed E-state index contributed by atoms with van der Waals surface area (Å²) in [5.41, 5.74) is 1.07. The van der Waals surface area contributed by atoms with Crippen LogP contribution in [0.4, 0.5) is 5.69 Å². The highest BCUT2D eigenvalue weighted by Gasteiger charge is 2.49. The molecule has 1 amide bonds. The van der Waals surface area contributed by atoms with E-state index in [2.05, 4.69) is 0 Å². The molecule has 0 spiro atoms. The normalized spacial score (nSPS) is 19.1. The lowest BCUT2D eigenvalue weighted by atomic mass is 9.99. The van der Waals surface area contributed by atoms with E-state index in [1.165, 1.54) is 6.07 Å². The lowest BCUT2D eigenvalue weighted by Gasteiger charge is -2.24. The van der Waals surface area contributed by atoms with Gasteiger partial charge in [-0.2, -0.15) is 0 Å². The van der Waals surface area contributed by atoms with Gasteiger partial charge in [-0.15, -0.1) is 0 Å². The second-order valence-corrected chi connectivity index (χ2v) is 7.68. The first kappa shape index (κ1) is 19.7. The number of aryl methyl sites for hydroxylation is 2. The average Bonchev–Trinajstić information content (AvgIpc) is 3.48. The summed E-state index contributed by atoms with van der Waals surface area (Å²) in [6.45, 7) is 3.60. The molecule has 1 atom stereocenters. The fraction of sp³-hybridized carbons (Fsp3) is 0.167. The minimum Gasteiger partial charge on any atom is -0.507 e. The maximum atomic E-state index is 13.1. The van der Waals surface area contributed by atoms with Crippen LogP contribution in [-0.4, -0.2) is 28.7 Å². The van der Waals surface area contributed by atoms with Crippen molar-refractivity contribution >= 4 is 23.1 Å². The molecule has 1 unspecified atom stereocenters. The number of aromatic hydroxyl groups is 1. The number of ketones is 1. The van der Waals surface area contributed by atoms with Crippen LogP contribution >= 0.6 is 0 Å². The van der Waals surface area contributed by atoms with Crippen LogP contribution in [0.1, 0.15) is 28.7 Å². The number of carbonyl (C=O) groups excluding carboxylic acids is 2. The minimum atomic E-state index is -1.07. The highest BCUT2D eigenvalue weighted by Crippen LogP contribution is 2.46. The Labute approximate surface area is 182 Å². The van der Waals surface area contributed by atoms with Gasteiger partial charge in [-0.25, -0.2) is 0 Å². The van der Waals surface area contributed by atoms with Crippen LogP contribution in [0.15, 0.2) is 58.5 Å². The molecular formula is C24H19NO7. The molecule has 2 aromatic carbocycles. The summed E-state index contributed by atoms with van der Waals surface area (Å²) in [4.78, 5) is 27.4. The van der Waals surface area contributed by atoms with Gasteiger partial charge in [-0.05, 0) is 61.9 Å². The van der Waals surface area contributed by atoms with E-state index in [4.69, 9.17) is 13.9 Å². The minimum absolute atomic E-state index is 0.0578. The number of furan rings is 1. The zero-order chi connectivity index (χ0) is 22.6. The number of aliphatic hydroxyl groups excluding tert-OH is 1. The third kappa shape index (κ3) is 2.99. The molecule has 2 aliphatic heterocycles. The van der Waals surface area contributed by atoms with Crippen molar-refractivity contribution in [3.8, 4) is 17.2 Å². The molecule has 0 bridgehead atoms. The molecule has 8 heteroatoms. The largest absolute Gasteiger partial charge is 0.507 e. The number of ether oxygens (including phenoxy) is 2. The number of carbonyl (C=O) groups is 2. The molecule has 0 radical (unpaired) electrons. The first-order chi connectivity index (χ1) is 15.3. The quantitative estimate of drug-likeness (QED) is 0.366. The van der Waals surface area contributed by atoms with E-state index in [1.807, 2.05) is 0 Å². The molecule has 32 heavy (non-hydrogen) atoms. The number of phenols is 1. The van der Waals surface area contributed by atoms with Gasteiger partial charge in [0.05, 0.1) is 11.3 Å². The van der Waals surface area contributed by atoms with E-state index in [1.54, 1.807) is 56.3 Å². The van der Waals surface area contributed by atoms with Gasteiger partial charge in [0.1, 0.15) is 29.1 Å². The number of phenolic OH excluding ortho intramolecular Hbond substituents is 1.